The molecule has 14 heteroatoms. The summed E-state index contributed by atoms with van der Waals surface area (Å²) in [7, 11) is -5.39. The van der Waals surface area contributed by atoms with E-state index in [0.717, 1.165) is 50.2 Å². The number of likely N-dealkylation sites (tertiary alicyclic amines) is 1. The Morgan fingerprint density at radius 3 is 2.08 bits per heavy atom. The van der Waals surface area contributed by atoms with E-state index in [9.17, 15) is 31.5 Å². The lowest BCUT2D eigenvalue weighted by Crippen LogP contribution is -2.48. The number of rotatable bonds is 9. The number of nitrogens with one attached hydrogen (secondary N) is 1. The van der Waals surface area contributed by atoms with Gasteiger partial charge in [-0.1, -0.05) is 24.3 Å². The number of fused-ring (bicyclic) bond motifs is 1. The Morgan fingerprint density at radius 2 is 1.49 bits per heavy atom. The lowest BCUT2D eigenvalue weighted by atomic mass is 10.0. The standard InChI is InChI=1S/C35H36F3N5O5S/c36-35(37,38)49(46,47)30-8-5-26(6-9-30)23-42-15-17-43(18-16-42)34(45)27-7-10-31-28(19-27)20-32(48-31)33(44)40-29-11-13-41(14-12-29)22-25-3-1-24(21-39)2-4-25/h1-10,19-20,29,33,40,44H,11-18,22-23H2. The SMILES string of the molecule is N#Cc1ccc(CN2CCC(NC(O)c3cc4cc(C(=O)N5CCN(Cc6ccc(S(=O)(=O)C(F)(F)F)cc6)CC5)ccc4o3)CC2)cc1. The molecule has 1 unspecified atom stereocenters. The van der Waals surface area contributed by atoms with Gasteiger partial charge in [-0.15, -0.1) is 0 Å². The number of piperazine rings is 1. The fraction of sp³-hybridized carbons (Fsp3) is 0.371. The van der Waals surface area contributed by atoms with Crippen molar-refractivity contribution in [3.05, 3.63) is 101 Å². The van der Waals surface area contributed by atoms with Gasteiger partial charge in [-0.3, -0.25) is 19.9 Å². The second-order valence-corrected chi connectivity index (χ2v) is 14.4. The van der Waals surface area contributed by atoms with Crippen LogP contribution in [-0.2, 0) is 22.9 Å². The molecule has 10 nitrogen and oxygen atoms in total. The maximum atomic E-state index is 13.3. The molecular weight excluding hydrogens is 659 g/mol. The van der Waals surface area contributed by atoms with Crippen LogP contribution in [0.2, 0.25) is 0 Å². The fourth-order valence-corrected chi connectivity index (χ4v) is 7.06. The molecule has 3 heterocycles. The predicted molar refractivity (Wildman–Crippen MR) is 175 cm³/mol. The van der Waals surface area contributed by atoms with Gasteiger partial charge in [-0.2, -0.15) is 18.4 Å². The fourth-order valence-electron chi connectivity index (χ4n) is 6.30. The third kappa shape index (κ3) is 7.98. The number of sulfone groups is 1. The lowest BCUT2D eigenvalue weighted by Gasteiger charge is -2.34. The van der Waals surface area contributed by atoms with Gasteiger partial charge >= 0.3 is 5.51 Å². The molecule has 2 aliphatic heterocycles. The summed E-state index contributed by atoms with van der Waals surface area (Å²) >= 11 is 0. The maximum Gasteiger partial charge on any atom is 0.501 e. The molecule has 258 valence electrons. The number of alkyl halides is 3. The molecule has 0 spiro atoms. The molecular formula is C35H36F3N5O5S. The second-order valence-electron chi connectivity index (χ2n) is 12.5. The van der Waals surface area contributed by atoms with Gasteiger partial charge in [0.2, 0.25) is 0 Å². The third-order valence-corrected chi connectivity index (χ3v) is 10.6. The van der Waals surface area contributed by atoms with Gasteiger partial charge in [0.1, 0.15) is 11.3 Å². The van der Waals surface area contributed by atoms with E-state index in [0.29, 0.717) is 66.1 Å². The first-order valence-electron chi connectivity index (χ1n) is 16.0. The number of nitrogens with zero attached hydrogens (tertiary/aromatic N) is 4. The van der Waals surface area contributed by atoms with Gasteiger partial charge in [0.25, 0.3) is 15.7 Å². The number of carbonyl (C=O) groups is 1. The van der Waals surface area contributed by atoms with Gasteiger partial charge in [-0.05, 0) is 85.6 Å². The van der Waals surface area contributed by atoms with Crippen molar-refractivity contribution in [1.82, 2.24) is 20.0 Å². The third-order valence-electron chi connectivity index (χ3n) is 9.13. The summed E-state index contributed by atoms with van der Waals surface area (Å²) in [4.78, 5) is 18.7. The number of benzene rings is 3. The van der Waals surface area contributed by atoms with Crippen LogP contribution in [0.15, 0.2) is 82.1 Å². The van der Waals surface area contributed by atoms with Crippen LogP contribution in [0.4, 0.5) is 13.2 Å². The van der Waals surface area contributed by atoms with E-state index >= 15 is 0 Å². The number of aliphatic hydroxyl groups excluding tert-OH is 1. The molecule has 2 fully saturated rings. The van der Waals surface area contributed by atoms with Gasteiger partial charge in [0.15, 0.2) is 6.23 Å². The van der Waals surface area contributed by atoms with Crippen molar-refractivity contribution in [3.8, 4) is 6.07 Å². The molecule has 2 N–H and O–H groups in total. The molecule has 49 heavy (non-hydrogen) atoms. The van der Waals surface area contributed by atoms with Crippen LogP contribution < -0.4 is 5.32 Å². The molecule has 0 radical (unpaired) electrons. The highest BCUT2D eigenvalue weighted by molar-refractivity contribution is 7.92. The molecule has 0 aliphatic carbocycles. The number of halogens is 3. The number of carbonyl (C=O) groups excluding carboxylic acids is 1. The van der Waals surface area contributed by atoms with Crippen molar-refractivity contribution >= 4 is 26.7 Å². The van der Waals surface area contributed by atoms with Crippen LogP contribution >= 0.6 is 0 Å². The monoisotopic (exact) mass is 695 g/mol. The van der Waals surface area contributed by atoms with Crippen molar-refractivity contribution < 1.29 is 35.9 Å². The zero-order valence-electron chi connectivity index (χ0n) is 26.6. The molecule has 4 aromatic rings. The number of amides is 1. The highest BCUT2D eigenvalue weighted by atomic mass is 32.2. The smallest absolute Gasteiger partial charge is 0.457 e. The molecule has 3 aromatic carbocycles. The molecule has 2 saturated heterocycles. The van der Waals surface area contributed by atoms with Crippen LogP contribution in [0.25, 0.3) is 11.0 Å². The maximum absolute atomic E-state index is 13.3. The van der Waals surface area contributed by atoms with E-state index in [2.05, 4.69) is 21.2 Å². The minimum atomic E-state index is -5.39. The Balaban J connectivity index is 0.982. The molecule has 2 aliphatic rings. The number of hydrogen-bond acceptors (Lipinski definition) is 9. The lowest BCUT2D eigenvalue weighted by molar-refractivity contribution is -0.0436. The highest BCUT2D eigenvalue weighted by Gasteiger charge is 2.46. The van der Waals surface area contributed by atoms with Gasteiger partial charge < -0.3 is 14.4 Å². The van der Waals surface area contributed by atoms with Gasteiger partial charge in [0, 0.05) is 56.3 Å². The largest absolute Gasteiger partial charge is 0.501 e. The molecule has 1 aromatic heterocycles. The molecule has 1 atom stereocenters. The van der Waals surface area contributed by atoms with E-state index in [-0.39, 0.29) is 11.9 Å². The number of nitriles is 1. The average Bonchev–Trinajstić information content (AvgIpc) is 3.53. The van der Waals surface area contributed by atoms with Crippen molar-refractivity contribution in [2.45, 2.75) is 48.6 Å². The first-order valence-corrected chi connectivity index (χ1v) is 17.5. The van der Waals surface area contributed by atoms with Crippen molar-refractivity contribution in [3.63, 3.8) is 0 Å². The van der Waals surface area contributed by atoms with Crippen molar-refractivity contribution in [1.29, 1.82) is 5.26 Å². The van der Waals surface area contributed by atoms with E-state index < -0.39 is 26.5 Å². The van der Waals surface area contributed by atoms with Crippen LogP contribution in [0.1, 0.15) is 51.9 Å². The minimum absolute atomic E-state index is 0.112. The summed E-state index contributed by atoms with van der Waals surface area (Å²) in [6, 6.07) is 21.5. The minimum Gasteiger partial charge on any atom is -0.457 e. The Bertz CT molecular complexity index is 1930. The molecule has 1 amide bonds. The predicted octanol–water partition coefficient (Wildman–Crippen LogP) is 4.80. The number of hydrogen-bond donors (Lipinski definition) is 2. The Morgan fingerprint density at radius 1 is 0.898 bits per heavy atom. The van der Waals surface area contributed by atoms with E-state index in [4.69, 9.17) is 9.68 Å². The summed E-state index contributed by atoms with van der Waals surface area (Å²) < 4.78 is 67.6. The van der Waals surface area contributed by atoms with E-state index in [1.165, 1.54) is 12.1 Å². The van der Waals surface area contributed by atoms with Crippen molar-refractivity contribution in [2.24, 2.45) is 0 Å². The summed E-state index contributed by atoms with van der Waals surface area (Å²) in [5.74, 6) is 0.231. The quantitative estimate of drug-likeness (QED) is 0.237. The van der Waals surface area contributed by atoms with Crippen LogP contribution in [0.5, 0.6) is 0 Å². The Hall–Kier alpha value is -4.26. The average molecular weight is 696 g/mol. The first-order chi connectivity index (χ1) is 23.4. The number of furan rings is 1. The van der Waals surface area contributed by atoms with Crippen LogP contribution in [0, 0.1) is 11.3 Å². The van der Waals surface area contributed by atoms with Crippen molar-refractivity contribution in [2.75, 3.05) is 39.3 Å². The topological polar surface area (TPSA) is 130 Å². The number of aliphatic hydroxyl groups is 1. The Kier molecular flexibility index (Phi) is 10.1. The molecule has 6 rings (SSSR count). The zero-order valence-corrected chi connectivity index (χ0v) is 27.4. The van der Waals surface area contributed by atoms with Gasteiger partial charge in [-0.25, -0.2) is 8.42 Å². The normalized spacial score (nSPS) is 17.7. The summed E-state index contributed by atoms with van der Waals surface area (Å²) in [5.41, 5.74) is -1.83. The molecule has 0 bridgehead atoms. The second kappa shape index (κ2) is 14.3. The zero-order chi connectivity index (χ0) is 34.8. The van der Waals surface area contributed by atoms with E-state index in [1.807, 2.05) is 24.3 Å². The van der Waals surface area contributed by atoms with Crippen LogP contribution in [0.3, 0.4) is 0 Å². The number of piperidine rings is 1. The summed E-state index contributed by atoms with van der Waals surface area (Å²) in [6.07, 6.45) is 0.718. The first kappa shape index (κ1) is 34.6. The van der Waals surface area contributed by atoms with Crippen LogP contribution in [-0.4, -0.2) is 84.9 Å². The summed E-state index contributed by atoms with van der Waals surface area (Å²) in [6.45, 7) is 4.93. The van der Waals surface area contributed by atoms with E-state index in [1.54, 1.807) is 29.2 Å². The Labute approximate surface area is 282 Å². The van der Waals surface area contributed by atoms with Gasteiger partial charge in [0.05, 0.1) is 16.5 Å². The molecule has 0 saturated carbocycles. The summed E-state index contributed by atoms with van der Waals surface area (Å²) in [5, 5.41) is 23.9. The highest BCUT2D eigenvalue weighted by Crippen LogP contribution is 2.31.